The smallest absolute Gasteiger partial charge is 0.262 e. The maximum absolute atomic E-state index is 12.3. The van der Waals surface area contributed by atoms with E-state index in [0.29, 0.717) is 12.5 Å². The summed E-state index contributed by atoms with van der Waals surface area (Å²) in [5.74, 6) is 1.31. The summed E-state index contributed by atoms with van der Waals surface area (Å²) in [6.45, 7) is 0.381. The van der Waals surface area contributed by atoms with E-state index in [1.165, 1.54) is 29.7 Å². The summed E-state index contributed by atoms with van der Waals surface area (Å²) in [6.07, 6.45) is 4.30. The highest BCUT2D eigenvalue weighted by atomic mass is 32.1. The molecule has 6 heteroatoms. The Morgan fingerprint density at radius 3 is 3.10 bits per heavy atom. The second-order valence-corrected chi connectivity index (χ2v) is 6.12. The number of hydrogen-bond donors (Lipinski definition) is 1. The van der Waals surface area contributed by atoms with Crippen molar-refractivity contribution in [2.75, 3.05) is 0 Å². The summed E-state index contributed by atoms with van der Waals surface area (Å²) in [5, 5.41) is 13.1. The molecule has 3 aromatic heterocycles. The Kier molecular flexibility index (Phi) is 2.96. The van der Waals surface area contributed by atoms with Gasteiger partial charge in [0.2, 0.25) is 0 Å². The molecule has 5 nitrogen and oxygen atoms in total. The lowest BCUT2D eigenvalue weighted by molar-refractivity contribution is 0.0953. The molecule has 1 aliphatic rings. The van der Waals surface area contributed by atoms with Gasteiger partial charge < -0.3 is 5.32 Å². The molecule has 0 spiro atoms. The molecule has 4 rings (SSSR count). The number of pyridine rings is 1. The molecule has 1 fully saturated rings. The largest absolute Gasteiger partial charge is 0.344 e. The van der Waals surface area contributed by atoms with Gasteiger partial charge in [0, 0.05) is 6.20 Å². The Morgan fingerprint density at radius 2 is 2.24 bits per heavy atom. The van der Waals surface area contributed by atoms with Gasteiger partial charge in [0.15, 0.2) is 11.5 Å². The van der Waals surface area contributed by atoms with E-state index in [1.54, 1.807) is 0 Å². The monoisotopic (exact) mass is 298 g/mol. The van der Waals surface area contributed by atoms with E-state index >= 15 is 0 Å². The van der Waals surface area contributed by atoms with Gasteiger partial charge in [-0.15, -0.1) is 21.5 Å². The summed E-state index contributed by atoms with van der Waals surface area (Å²) in [4.78, 5) is 13.2. The van der Waals surface area contributed by atoms with Gasteiger partial charge in [0.05, 0.1) is 11.4 Å². The Morgan fingerprint density at radius 1 is 1.33 bits per heavy atom. The summed E-state index contributed by atoms with van der Waals surface area (Å²) < 4.78 is 1.89. The molecule has 0 atom stereocenters. The number of amides is 1. The van der Waals surface area contributed by atoms with E-state index in [4.69, 9.17) is 0 Å². The lowest BCUT2D eigenvalue weighted by atomic mass is 10.1. The standard InChI is InChI=1S/C15H14N4OS/c20-15(14-11(6-8-21-14)10-4-5-10)16-9-13-18-17-12-3-1-2-7-19(12)13/h1-3,6-8,10H,4-5,9H2,(H,16,20). The van der Waals surface area contributed by atoms with Crippen molar-refractivity contribution in [2.24, 2.45) is 0 Å². The molecule has 1 amide bonds. The van der Waals surface area contributed by atoms with Gasteiger partial charge in [-0.25, -0.2) is 0 Å². The van der Waals surface area contributed by atoms with Gasteiger partial charge in [0.25, 0.3) is 5.91 Å². The zero-order valence-electron chi connectivity index (χ0n) is 11.3. The van der Waals surface area contributed by atoms with Crippen molar-refractivity contribution >= 4 is 22.9 Å². The first-order valence-electron chi connectivity index (χ1n) is 6.97. The molecule has 0 radical (unpaired) electrons. The van der Waals surface area contributed by atoms with Crippen molar-refractivity contribution in [3.8, 4) is 0 Å². The lowest BCUT2D eigenvalue weighted by Crippen LogP contribution is -2.24. The number of fused-ring (bicyclic) bond motifs is 1. The van der Waals surface area contributed by atoms with Crippen molar-refractivity contribution in [3.63, 3.8) is 0 Å². The first kappa shape index (κ1) is 12.5. The van der Waals surface area contributed by atoms with E-state index in [2.05, 4.69) is 21.6 Å². The molecule has 0 bridgehead atoms. The van der Waals surface area contributed by atoms with Crippen LogP contribution in [0.4, 0.5) is 0 Å². The van der Waals surface area contributed by atoms with E-state index in [-0.39, 0.29) is 5.91 Å². The van der Waals surface area contributed by atoms with Crippen molar-refractivity contribution in [1.82, 2.24) is 19.9 Å². The van der Waals surface area contributed by atoms with Crippen LogP contribution in [0.15, 0.2) is 35.8 Å². The summed E-state index contributed by atoms with van der Waals surface area (Å²) in [5.41, 5.74) is 1.99. The Bertz CT molecular complexity index is 803. The van der Waals surface area contributed by atoms with Crippen molar-refractivity contribution in [3.05, 3.63) is 52.1 Å². The number of carbonyl (C=O) groups is 1. The number of nitrogens with zero attached hydrogens (tertiary/aromatic N) is 3. The number of carbonyl (C=O) groups excluding carboxylic acids is 1. The predicted octanol–water partition coefficient (Wildman–Crippen LogP) is 2.60. The van der Waals surface area contributed by atoms with Crippen LogP contribution in [0.25, 0.3) is 5.65 Å². The van der Waals surface area contributed by atoms with E-state index in [9.17, 15) is 4.79 Å². The van der Waals surface area contributed by atoms with Crippen LogP contribution < -0.4 is 5.32 Å². The minimum absolute atomic E-state index is 0.0143. The first-order chi connectivity index (χ1) is 10.3. The van der Waals surface area contributed by atoms with E-state index in [0.717, 1.165) is 16.3 Å². The molecule has 0 aliphatic heterocycles. The third-order valence-electron chi connectivity index (χ3n) is 3.71. The molecular weight excluding hydrogens is 284 g/mol. The fourth-order valence-electron chi connectivity index (χ4n) is 2.47. The van der Waals surface area contributed by atoms with Gasteiger partial charge in [-0.1, -0.05) is 6.07 Å². The second kappa shape index (κ2) is 4.96. The highest BCUT2D eigenvalue weighted by Crippen LogP contribution is 2.43. The van der Waals surface area contributed by atoms with Crippen LogP contribution in [-0.4, -0.2) is 20.5 Å². The van der Waals surface area contributed by atoms with Gasteiger partial charge in [-0.3, -0.25) is 9.20 Å². The maximum atomic E-state index is 12.3. The predicted molar refractivity (Wildman–Crippen MR) is 80.5 cm³/mol. The minimum atomic E-state index is -0.0143. The van der Waals surface area contributed by atoms with Crippen molar-refractivity contribution < 1.29 is 4.79 Å². The molecule has 1 aliphatic carbocycles. The van der Waals surface area contributed by atoms with Gasteiger partial charge in [0.1, 0.15) is 0 Å². The third-order valence-corrected chi connectivity index (χ3v) is 4.64. The average molecular weight is 298 g/mol. The lowest BCUT2D eigenvalue weighted by Gasteiger charge is -2.04. The molecule has 1 saturated carbocycles. The number of rotatable bonds is 4. The molecule has 21 heavy (non-hydrogen) atoms. The van der Waals surface area contributed by atoms with Crippen LogP contribution in [0, 0.1) is 0 Å². The van der Waals surface area contributed by atoms with Crippen LogP contribution in [-0.2, 0) is 6.54 Å². The third kappa shape index (κ3) is 2.31. The summed E-state index contributed by atoms with van der Waals surface area (Å²) >= 11 is 1.51. The molecule has 3 aromatic rings. The first-order valence-corrected chi connectivity index (χ1v) is 7.85. The van der Waals surface area contributed by atoms with Crippen LogP contribution in [0.2, 0.25) is 0 Å². The quantitative estimate of drug-likeness (QED) is 0.805. The second-order valence-electron chi connectivity index (χ2n) is 5.21. The number of hydrogen-bond acceptors (Lipinski definition) is 4. The van der Waals surface area contributed by atoms with Crippen LogP contribution in [0.5, 0.6) is 0 Å². The van der Waals surface area contributed by atoms with Crippen LogP contribution >= 0.6 is 11.3 Å². The number of aromatic nitrogens is 3. The zero-order valence-corrected chi connectivity index (χ0v) is 12.1. The molecule has 3 heterocycles. The van der Waals surface area contributed by atoms with Gasteiger partial charge >= 0.3 is 0 Å². The van der Waals surface area contributed by atoms with Crippen LogP contribution in [0.3, 0.4) is 0 Å². The molecular formula is C15H14N4OS. The zero-order chi connectivity index (χ0) is 14.2. The van der Waals surface area contributed by atoms with Gasteiger partial charge in [-0.05, 0) is 47.9 Å². The molecule has 0 saturated heterocycles. The highest BCUT2D eigenvalue weighted by Gasteiger charge is 2.28. The molecule has 106 valence electrons. The van der Waals surface area contributed by atoms with Crippen LogP contribution in [0.1, 0.15) is 39.8 Å². The highest BCUT2D eigenvalue weighted by molar-refractivity contribution is 7.12. The molecule has 0 unspecified atom stereocenters. The van der Waals surface area contributed by atoms with E-state index in [1.807, 2.05) is 34.2 Å². The Labute approximate surface area is 125 Å². The normalized spacial score (nSPS) is 14.5. The summed E-state index contributed by atoms with van der Waals surface area (Å²) in [6, 6.07) is 7.80. The van der Waals surface area contributed by atoms with Gasteiger partial charge in [-0.2, -0.15) is 0 Å². The molecule has 1 N–H and O–H groups in total. The summed E-state index contributed by atoms with van der Waals surface area (Å²) in [7, 11) is 0. The minimum Gasteiger partial charge on any atom is -0.344 e. The fourth-order valence-corrected chi connectivity index (χ4v) is 3.37. The Hall–Kier alpha value is -2.21. The average Bonchev–Trinajstić information content (AvgIpc) is 3.10. The fraction of sp³-hybridized carbons (Fsp3) is 0.267. The SMILES string of the molecule is O=C(NCc1nnc2ccccn12)c1sccc1C1CC1. The van der Waals surface area contributed by atoms with Crippen molar-refractivity contribution in [1.29, 1.82) is 0 Å². The molecule has 0 aromatic carbocycles. The Balaban J connectivity index is 1.51. The number of thiophene rings is 1. The maximum Gasteiger partial charge on any atom is 0.262 e. The number of nitrogens with one attached hydrogen (secondary N) is 1. The van der Waals surface area contributed by atoms with Crippen molar-refractivity contribution in [2.45, 2.75) is 25.3 Å². The van der Waals surface area contributed by atoms with E-state index < -0.39 is 0 Å². The topological polar surface area (TPSA) is 59.3 Å².